The Labute approximate surface area is 80.1 Å². The number of esters is 1. The molecule has 0 saturated carbocycles. The highest BCUT2D eigenvalue weighted by Crippen LogP contribution is 2.23. The number of nitrogens with zero attached hydrogens (tertiary/aromatic N) is 1. The topological polar surface area (TPSA) is 29.5 Å². The van der Waals surface area contributed by atoms with Crippen molar-refractivity contribution in [2.45, 2.75) is 32.7 Å². The lowest BCUT2D eigenvalue weighted by Crippen LogP contribution is -2.28. The van der Waals surface area contributed by atoms with E-state index >= 15 is 0 Å². The average molecular weight is 185 g/mol. The third-order valence-electron chi connectivity index (χ3n) is 2.61. The summed E-state index contributed by atoms with van der Waals surface area (Å²) >= 11 is 0. The summed E-state index contributed by atoms with van der Waals surface area (Å²) in [5, 5.41) is 0. The summed E-state index contributed by atoms with van der Waals surface area (Å²) in [6.45, 7) is 5.66. The minimum atomic E-state index is -0.0616. The van der Waals surface area contributed by atoms with E-state index < -0.39 is 0 Å². The van der Waals surface area contributed by atoms with Crippen LogP contribution in [0.5, 0.6) is 0 Å². The maximum absolute atomic E-state index is 11.2. The Morgan fingerprint density at radius 3 is 2.77 bits per heavy atom. The second kappa shape index (κ2) is 4.61. The van der Waals surface area contributed by atoms with Gasteiger partial charge in [0.05, 0.1) is 13.0 Å². The molecule has 0 aromatic carbocycles. The first-order valence-corrected chi connectivity index (χ1v) is 4.99. The Morgan fingerprint density at radius 2 is 2.31 bits per heavy atom. The van der Waals surface area contributed by atoms with Crippen LogP contribution in [-0.4, -0.2) is 37.1 Å². The van der Waals surface area contributed by atoms with Gasteiger partial charge in [-0.2, -0.15) is 0 Å². The van der Waals surface area contributed by atoms with Crippen molar-refractivity contribution < 1.29 is 9.53 Å². The van der Waals surface area contributed by atoms with Crippen molar-refractivity contribution in [3.8, 4) is 0 Å². The van der Waals surface area contributed by atoms with Crippen molar-refractivity contribution >= 4 is 5.97 Å². The van der Waals surface area contributed by atoms with E-state index in [1.165, 1.54) is 0 Å². The fourth-order valence-electron chi connectivity index (χ4n) is 2.01. The van der Waals surface area contributed by atoms with Gasteiger partial charge in [0.25, 0.3) is 0 Å². The Balaban J connectivity index is 2.32. The smallest absolute Gasteiger partial charge is 0.307 e. The van der Waals surface area contributed by atoms with E-state index in [-0.39, 0.29) is 5.97 Å². The first-order chi connectivity index (χ1) is 6.13. The highest BCUT2D eigenvalue weighted by molar-refractivity contribution is 5.70. The van der Waals surface area contributed by atoms with Crippen LogP contribution in [0.25, 0.3) is 0 Å². The van der Waals surface area contributed by atoms with Gasteiger partial charge < -0.3 is 9.64 Å². The molecule has 3 heteroatoms. The van der Waals surface area contributed by atoms with Crippen LogP contribution < -0.4 is 0 Å². The molecule has 76 valence electrons. The zero-order valence-corrected chi connectivity index (χ0v) is 8.75. The number of likely N-dealkylation sites (tertiary alicyclic amines) is 1. The summed E-state index contributed by atoms with van der Waals surface area (Å²) in [5.74, 6) is 0.651. The number of carbonyl (C=O) groups excluding carboxylic acids is 1. The van der Waals surface area contributed by atoms with Crippen molar-refractivity contribution in [1.29, 1.82) is 0 Å². The molecular formula is C10H19NO2. The van der Waals surface area contributed by atoms with Crippen molar-refractivity contribution in [3.63, 3.8) is 0 Å². The van der Waals surface area contributed by atoms with E-state index in [9.17, 15) is 4.79 Å². The molecule has 0 aromatic rings. The Bertz CT molecular complexity index is 182. The fourth-order valence-corrected chi connectivity index (χ4v) is 2.01. The molecule has 0 radical (unpaired) electrons. The predicted octanol–water partition coefficient (Wildman–Crippen LogP) is 1.28. The molecule has 1 saturated heterocycles. The van der Waals surface area contributed by atoms with Crippen LogP contribution >= 0.6 is 0 Å². The normalized spacial score (nSPS) is 29.2. The van der Waals surface area contributed by atoms with E-state index in [0.717, 1.165) is 13.0 Å². The van der Waals surface area contributed by atoms with Crippen molar-refractivity contribution in [3.05, 3.63) is 0 Å². The lowest BCUT2D eigenvalue weighted by molar-refractivity contribution is -0.144. The molecule has 1 heterocycles. The summed E-state index contributed by atoms with van der Waals surface area (Å²) in [4.78, 5) is 13.5. The van der Waals surface area contributed by atoms with Gasteiger partial charge in [-0.15, -0.1) is 0 Å². The van der Waals surface area contributed by atoms with Crippen LogP contribution in [0.15, 0.2) is 0 Å². The lowest BCUT2D eigenvalue weighted by Gasteiger charge is -2.17. The quantitative estimate of drug-likeness (QED) is 0.620. The molecule has 0 N–H and O–H groups in total. The number of hydrogen-bond acceptors (Lipinski definition) is 3. The van der Waals surface area contributed by atoms with Gasteiger partial charge in [-0.3, -0.25) is 4.79 Å². The Kier molecular flexibility index (Phi) is 3.72. The van der Waals surface area contributed by atoms with Crippen molar-refractivity contribution in [2.24, 2.45) is 5.92 Å². The Morgan fingerprint density at radius 1 is 1.62 bits per heavy atom. The molecule has 0 aliphatic carbocycles. The van der Waals surface area contributed by atoms with Crippen LogP contribution in [-0.2, 0) is 9.53 Å². The third-order valence-corrected chi connectivity index (χ3v) is 2.61. The second-order valence-corrected chi connectivity index (χ2v) is 3.94. The van der Waals surface area contributed by atoms with Gasteiger partial charge in [-0.1, -0.05) is 6.92 Å². The summed E-state index contributed by atoms with van der Waals surface area (Å²) < 4.78 is 4.92. The summed E-state index contributed by atoms with van der Waals surface area (Å²) in [6.07, 6.45) is 1.67. The maximum Gasteiger partial charge on any atom is 0.307 e. The number of hydrogen-bond donors (Lipinski definition) is 0. The molecule has 0 spiro atoms. The second-order valence-electron chi connectivity index (χ2n) is 3.94. The van der Waals surface area contributed by atoms with E-state index in [2.05, 4.69) is 18.9 Å². The first kappa shape index (κ1) is 10.5. The highest BCUT2D eigenvalue weighted by atomic mass is 16.5. The van der Waals surface area contributed by atoms with Gasteiger partial charge in [-0.05, 0) is 26.3 Å². The molecule has 2 atom stereocenters. The summed E-state index contributed by atoms with van der Waals surface area (Å²) in [6, 6.07) is 0.397. The molecule has 0 aromatic heterocycles. The minimum absolute atomic E-state index is 0.0616. The zero-order chi connectivity index (χ0) is 9.84. The largest absolute Gasteiger partial charge is 0.466 e. The van der Waals surface area contributed by atoms with Gasteiger partial charge in [0, 0.05) is 12.6 Å². The van der Waals surface area contributed by atoms with Crippen molar-refractivity contribution in [2.75, 3.05) is 20.2 Å². The van der Waals surface area contributed by atoms with E-state index in [1.54, 1.807) is 0 Å². The molecule has 13 heavy (non-hydrogen) atoms. The van der Waals surface area contributed by atoms with Crippen LogP contribution in [0.2, 0.25) is 0 Å². The number of carbonyl (C=O) groups is 1. The summed E-state index contributed by atoms with van der Waals surface area (Å²) in [7, 11) is 2.08. The van der Waals surface area contributed by atoms with Crippen LogP contribution in [0, 0.1) is 5.92 Å². The predicted molar refractivity (Wildman–Crippen MR) is 51.4 cm³/mol. The van der Waals surface area contributed by atoms with Gasteiger partial charge in [-0.25, -0.2) is 0 Å². The molecule has 1 aliphatic rings. The molecule has 1 aliphatic heterocycles. The number of rotatable bonds is 3. The van der Waals surface area contributed by atoms with Crippen LogP contribution in [0.3, 0.4) is 0 Å². The highest BCUT2D eigenvalue weighted by Gasteiger charge is 2.28. The SMILES string of the molecule is CCOC(=O)CC1CC(C)CN1C. The monoisotopic (exact) mass is 185 g/mol. The van der Waals surface area contributed by atoms with Gasteiger partial charge in [0.15, 0.2) is 0 Å². The van der Waals surface area contributed by atoms with E-state index in [0.29, 0.717) is 25.0 Å². The Hall–Kier alpha value is -0.570. The average Bonchev–Trinajstić information content (AvgIpc) is 2.30. The zero-order valence-electron chi connectivity index (χ0n) is 8.75. The van der Waals surface area contributed by atoms with E-state index in [4.69, 9.17) is 4.74 Å². The fraction of sp³-hybridized carbons (Fsp3) is 0.900. The van der Waals surface area contributed by atoms with Crippen LogP contribution in [0.4, 0.5) is 0 Å². The van der Waals surface area contributed by atoms with Gasteiger partial charge >= 0.3 is 5.97 Å². The minimum Gasteiger partial charge on any atom is -0.466 e. The molecule has 2 unspecified atom stereocenters. The van der Waals surface area contributed by atoms with Crippen LogP contribution in [0.1, 0.15) is 26.7 Å². The number of ether oxygens (including phenoxy) is 1. The van der Waals surface area contributed by atoms with Crippen molar-refractivity contribution in [1.82, 2.24) is 4.90 Å². The first-order valence-electron chi connectivity index (χ1n) is 4.99. The summed E-state index contributed by atoms with van der Waals surface area (Å²) in [5.41, 5.74) is 0. The maximum atomic E-state index is 11.2. The third kappa shape index (κ3) is 2.99. The van der Waals surface area contributed by atoms with Gasteiger partial charge in [0.2, 0.25) is 0 Å². The standard InChI is InChI=1S/C10H19NO2/c1-4-13-10(12)6-9-5-8(2)7-11(9)3/h8-9H,4-7H2,1-3H3. The molecule has 0 amide bonds. The van der Waals surface area contributed by atoms with E-state index in [1.807, 2.05) is 6.92 Å². The molecule has 1 fully saturated rings. The molecule has 0 bridgehead atoms. The molecular weight excluding hydrogens is 166 g/mol. The molecule has 1 rings (SSSR count). The lowest BCUT2D eigenvalue weighted by atomic mass is 10.1. The molecule has 3 nitrogen and oxygen atoms in total. The van der Waals surface area contributed by atoms with Gasteiger partial charge in [0.1, 0.15) is 0 Å².